The zero-order valence-electron chi connectivity index (χ0n) is 6.14. The zero-order valence-corrected chi connectivity index (χ0v) is 6.96. The summed E-state index contributed by atoms with van der Waals surface area (Å²) >= 11 is 1.56. The highest BCUT2D eigenvalue weighted by molar-refractivity contribution is 7.07. The van der Waals surface area contributed by atoms with Crippen LogP contribution in [0.15, 0.2) is 11.4 Å². The van der Waals surface area contributed by atoms with Crippen molar-refractivity contribution in [3.05, 3.63) is 22.4 Å². The molecule has 0 nitrogen and oxygen atoms in total. The molecule has 1 radical (unpaired) electrons. The third-order valence-corrected chi connectivity index (χ3v) is 2.12. The second-order valence-corrected chi connectivity index (χ2v) is 3.42. The van der Waals surface area contributed by atoms with E-state index in [0.717, 1.165) is 5.56 Å². The molecule has 1 rings (SSSR count). The number of thiophene rings is 1. The van der Waals surface area contributed by atoms with E-state index in [9.17, 15) is 0 Å². The number of hydrogen-bond donors (Lipinski definition) is 0. The molecule has 0 saturated carbocycles. The maximum Gasteiger partial charge on any atom is 0.0518 e. The predicted molar refractivity (Wildman–Crippen MR) is 45.0 cm³/mol. The number of terminal acetylenes is 1. The lowest BCUT2D eigenvalue weighted by atomic mass is 9.88. The van der Waals surface area contributed by atoms with E-state index in [1.165, 1.54) is 0 Å². The molecule has 0 aromatic carbocycles. The molecule has 1 aromatic rings. The van der Waals surface area contributed by atoms with Crippen LogP contribution >= 0.6 is 11.3 Å². The third kappa shape index (κ3) is 1.22. The molecule has 0 aliphatic carbocycles. The molecule has 0 saturated heterocycles. The molecule has 1 aromatic heterocycles. The molecule has 10 heavy (non-hydrogen) atoms. The largest absolute Gasteiger partial charge is 0.143 e. The predicted octanol–water partition coefficient (Wildman–Crippen LogP) is 2.46. The molecule has 0 amide bonds. The van der Waals surface area contributed by atoms with Gasteiger partial charge in [-0.15, -0.1) is 17.8 Å². The Morgan fingerprint density at radius 1 is 1.70 bits per heavy atom. The summed E-state index contributed by atoms with van der Waals surface area (Å²) in [6, 6.07) is 2.02. The van der Waals surface area contributed by atoms with E-state index in [-0.39, 0.29) is 5.41 Å². The zero-order chi connectivity index (χ0) is 7.61. The van der Waals surface area contributed by atoms with Gasteiger partial charge in [0.1, 0.15) is 0 Å². The highest BCUT2D eigenvalue weighted by Gasteiger charge is 2.16. The number of hydrogen-bond acceptors (Lipinski definition) is 1. The van der Waals surface area contributed by atoms with Crippen molar-refractivity contribution in [1.82, 2.24) is 0 Å². The SMILES string of the molecule is C#CC(C)(C)c1[c]scc1. The first-order valence-corrected chi connectivity index (χ1v) is 3.98. The Labute approximate surface area is 65.9 Å². The first kappa shape index (κ1) is 7.37. The van der Waals surface area contributed by atoms with Gasteiger partial charge in [-0.3, -0.25) is 0 Å². The van der Waals surface area contributed by atoms with Gasteiger partial charge in [-0.05, 0) is 30.9 Å². The molecule has 51 valence electrons. The van der Waals surface area contributed by atoms with E-state index >= 15 is 0 Å². The summed E-state index contributed by atoms with van der Waals surface area (Å²) in [5.41, 5.74) is 0.958. The summed E-state index contributed by atoms with van der Waals surface area (Å²) in [5.74, 6) is 2.72. The van der Waals surface area contributed by atoms with Gasteiger partial charge in [0.25, 0.3) is 0 Å². The Hall–Kier alpha value is -0.740. The topological polar surface area (TPSA) is 0 Å². The summed E-state index contributed by atoms with van der Waals surface area (Å²) in [6.07, 6.45) is 5.33. The van der Waals surface area contributed by atoms with Crippen molar-refractivity contribution in [2.24, 2.45) is 0 Å². The Morgan fingerprint density at radius 3 is 2.80 bits per heavy atom. The summed E-state index contributed by atoms with van der Waals surface area (Å²) in [7, 11) is 0. The van der Waals surface area contributed by atoms with Crippen LogP contribution in [0.2, 0.25) is 0 Å². The molecule has 0 aliphatic heterocycles. The van der Waals surface area contributed by atoms with Crippen LogP contribution in [0.3, 0.4) is 0 Å². The minimum atomic E-state index is -0.153. The summed E-state index contributed by atoms with van der Waals surface area (Å²) in [6.45, 7) is 4.04. The average molecular weight is 149 g/mol. The van der Waals surface area contributed by atoms with Crippen LogP contribution in [0, 0.1) is 17.7 Å². The van der Waals surface area contributed by atoms with Crippen LogP contribution in [0.5, 0.6) is 0 Å². The van der Waals surface area contributed by atoms with E-state index in [1.807, 2.05) is 25.3 Å². The van der Waals surface area contributed by atoms with Gasteiger partial charge in [-0.25, -0.2) is 0 Å². The van der Waals surface area contributed by atoms with E-state index in [4.69, 9.17) is 6.42 Å². The first-order valence-electron chi connectivity index (χ1n) is 3.10. The molecule has 0 aliphatic rings. The Balaban J connectivity index is 2.99. The van der Waals surface area contributed by atoms with Crippen LogP contribution in [0.4, 0.5) is 0 Å². The van der Waals surface area contributed by atoms with Gasteiger partial charge in [0.15, 0.2) is 0 Å². The third-order valence-electron chi connectivity index (χ3n) is 1.51. The van der Waals surface area contributed by atoms with E-state index in [2.05, 4.69) is 11.3 Å². The van der Waals surface area contributed by atoms with Gasteiger partial charge in [-0.1, -0.05) is 5.92 Å². The van der Waals surface area contributed by atoms with Crippen molar-refractivity contribution in [3.63, 3.8) is 0 Å². The molecule has 0 N–H and O–H groups in total. The van der Waals surface area contributed by atoms with Gasteiger partial charge < -0.3 is 0 Å². The second-order valence-electron chi connectivity index (χ2n) is 2.71. The van der Waals surface area contributed by atoms with Crippen LogP contribution in [0.1, 0.15) is 19.4 Å². The lowest BCUT2D eigenvalue weighted by Crippen LogP contribution is -2.12. The Bertz CT molecular complexity index is 236. The smallest absolute Gasteiger partial charge is 0.0518 e. The number of rotatable bonds is 1. The highest BCUT2D eigenvalue weighted by Crippen LogP contribution is 2.22. The van der Waals surface area contributed by atoms with Gasteiger partial charge in [0, 0.05) is 5.38 Å². The normalized spacial score (nSPS) is 10.9. The monoisotopic (exact) mass is 149 g/mol. The standard InChI is InChI=1S/C9H9S/c1-4-9(2,3)8-5-6-10-7-8/h1,5-6H,2-3H3. The fraction of sp³-hybridized carbons (Fsp3) is 0.333. The van der Waals surface area contributed by atoms with Crippen LogP contribution in [0.25, 0.3) is 0 Å². The Kier molecular flexibility index (Phi) is 1.82. The molecule has 0 fully saturated rings. The molecule has 0 atom stereocenters. The van der Waals surface area contributed by atoms with Gasteiger partial charge in [0.2, 0.25) is 0 Å². The van der Waals surface area contributed by atoms with Crippen LogP contribution in [-0.4, -0.2) is 0 Å². The molecule has 0 bridgehead atoms. The summed E-state index contributed by atoms with van der Waals surface area (Å²) in [4.78, 5) is 0. The summed E-state index contributed by atoms with van der Waals surface area (Å²) < 4.78 is 0. The molecule has 0 spiro atoms. The fourth-order valence-corrected chi connectivity index (χ4v) is 1.37. The quantitative estimate of drug-likeness (QED) is 0.538. The molecule has 0 unspecified atom stereocenters. The minimum absolute atomic E-state index is 0.153. The van der Waals surface area contributed by atoms with Crippen molar-refractivity contribution in [1.29, 1.82) is 0 Å². The van der Waals surface area contributed by atoms with Crippen LogP contribution in [-0.2, 0) is 5.41 Å². The van der Waals surface area contributed by atoms with E-state index < -0.39 is 0 Å². The molecule has 1 heteroatoms. The van der Waals surface area contributed by atoms with Gasteiger partial charge >= 0.3 is 0 Å². The maximum atomic E-state index is 5.33. The van der Waals surface area contributed by atoms with Crippen molar-refractivity contribution >= 4 is 11.3 Å². The van der Waals surface area contributed by atoms with Crippen molar-refractivity contribution in [3.8, 4) is 12.3 Å². The van der Waals surface area contributed by atoms with Crippen molar-refractivity contribution in [2.75, 3.05) is 0 Å². The van der Waals surface area contributed by atoms with Crippen molar-refractivity contribution in [2.45, 2.75) is 19.3 Å². The fourth-order valence-electron chi connectivity index (χ4n) is 0.647. The average Bonchev–Trinajstić information content (AvgIpc) is 2.38. The van der Waals surface area contributed by atoms with E-state index in [0.29, 0.717) is 0 Å². The second kappa shape index (κ2) is 2.48. The Morgan fingerprint density at radius 2 is 2.40 bits per heavy atom. The highest BCUT2D eigenvalue weighted by atomic mass is 32.1. The minimum Gasteiger partial charge on any atom is -0.143 e. The van der Waals surface area contributed by atoms with Crippen molar-refractivity contribution < 1.29 is 0 Å². The lowest BCUT2D eigenvalue weighted by Gasteiger charge is -2.14. The van der Waals surface area contributed by atoms with E-state index in [1.54, 1.807) is 11.3 Å². The molecular weight excluding hydrogens is 140 g/mol. The van der Waals surface area contributed by atoms with Gasteiger partial charge in [-0.2, -0.15) is 0 Å². The first-order chi connectivity index (χ1) is 4.67. The lowest BCUT2D eigenvalue weighted by molar-refractivity contribution is 0.702. The molecule has 1 heterocycles. The van der Waals surface area contributed by atoms with Gasteiger partial charge in [0.05, 0.1) is 5.41 Å². The van der Waals surface area contributed by atoms with Crippen LogP contribution < -0.4 is 0 Å². The maximum absolute atomic E-state index is 5.33. The summed E-state index contributed by atoms with van der Waals surface area (Å²) in [5, 5.41) is 5.12. The molecular formula is C9H9S.